The lowest BCUT2D eigenvalue weighted by Crippen LogP contribution is -2.55. The molecule has 0 bridgehead atoms. The van der Waals surface area contributed by atoms with Crippen LogP contribution in [0.2, 0.25) is 0 Å². The number of aromatic hydroxyl groups is 1. The summed E-state index contributed by atoms with van der Waals surface area (Å²) in [6.07, 6.45) is 3.55. The smallest absolute Gasteiger partial charge is 0.251 e. The van der Waals surface area contributed by atoms with Crippen LogP contribution in [0.5, 0.6) is 5.75 Å². The Morgan fingerprint density at radius 3 is 2.50 bits per heavy atom. The van der Waals surface area contributed by atoms with E-state index in [9.17, 15) is 9.90 Å². The van der Waals surface area contributed by atoms with Gasteiger partial charge >= 0.3 is 0 Å². The average molecular weight is 502 g/mol. The number of aryl methyl sites for hydroxylation is 1. The molecule has 0 saturated carbocycles. The lowest BCUT2D eigenvalue weighted by molar-refractivity contribution is -0.142. The Morgan fingerprint density at radius 2 is 1.89 bits per heavy atom. The third kappa shape index (κ3) is 6.23. The number of ether oxygens (including phenoxy) is 1. The van der Waals surface area contributed by atoms with Gasteiger partial charge in [0.25, 0.3) is 5.91 Å². The van der Waals surface area contributed by atoms with E-state index in [0.717, 1.165) is 51.3 Å². The topological polar surface area (TPSA) is 77.4 Å². The Balaban J connectivity index is 0.00000280. The van der Waals surface area contributed by atoms with E-state index < -0.39 is 0 Å². The number of piperazine rings is 1. The first-order valence-electron chi connectivity index (χ1n) is 9.81. The van der Waals surface area contributed by atoms with Gasteiger partial charge in [0.2, 0.25) is 0 Å². The van der Waals surface area contributed by atoms with Crippen molar-refractivity contribution in [3.05, 3.63) is 29.8 Å². The van der Waals surface area contributed by atoms with Gasteiger partial charge in [-0.15, -0.1) is 24.0 Å². The first-order valence-corrected chi connectivity index (χ1v) is 9.81. The molecule has 0 spiro atoms. The number of nitrogens with one attached hydrogen (secondary N) is 1. The van der Waals surface area contributed by atoms with Crippen LogP contribution in [0.25, 0.3) is 0 Å². The largest absolute Gasteiger partial charge is 0.508 e. The van der Waals surface area contributed by atoms with Crippen molar-refractivity contribution < 1.29 is 14.6 Å². The summed E-state index contributed by atoms with van der Waals surface area (Å²) >= 11 is 0. The molecule has 1 aromatic rings. The van der Waals surface area contributed by atoms with Crippen molar-refractivity contribution in [1.29, 1.82) is 0 Å². The van der Waals surface area contributed by atoms with E-state index >= 15 is 0 Å². The number of rotatable bonds is 5. The monoisotopic (exact) mass is 502 g/mol. The van der Waals surface area contributed by atoms with Crippen LogP contribution in [-0.2, 0) is 16.0 Å². The van der Waals surface area contributed by atoms with Crippen LogP contribution in [0.4, 0.5) is 0 Å². The van der Waals surface area contributed by atoms with E-state index in [1.165, 1.54) is 5.56 Å². The second kappa shape index (κ2) is 11.5. The molecule has 156 valence electrons. The summed E-state index contributed by atoms with van der Waals surface area (Å²) in [5.41, 5.74) is 1.21. The molecule has 2 heterocycles. The zero-order valence-electron chi connectivity index (χ0n) is 16.5. The van der Waals surface area contributed by atoms with Crippen LogP contribution in [0.3, 0.4) is 0 Å². The molecular formula is C20H31IN4O3. The molecule has 7 nitrogen and oxygen atoms in total. The van der Waals surface area contributed by atoms with Crippen LogP contribution in [0.1, 0.15) is 24.8 Å². The van der Waals surface area contributed by atoms with Crippen LogP contribution < -0.4 is 5.32 Å². The molecular weight excluding hydrogens is 471 g/mol. The molecule has 28 heavy (non-hydrogen) atoms. The number of carbonyl (C=O) groups excluding carboxylic acids is 1. The molecule has 2 aliphatic heterocycles. The Labute approximate surface area is 184 Å². The molecule has 1 atom stereocenters. The van der Waals surface area contributed by atoms with Crippen molar-refractivity contribution in [3.8, 4) is 5.75 Å². The standard InChI is InChI=1S/C20H30N4O3.HI/c1-21-20(22-10-2-4-16-6-8-17(25)9-7-16)24-13-11-23(12-14-24)19(26)18-5-3-15-27-18;/h6-9,18,25H,2-5,10-15H2,1H3,(H,21,22);1H. The molecule has 1 amide bonds. The zero-order chi connectivity index (χ0) is 19.1. The highest BCUT2D eigenvalue weighted by molar-refractivity contribution is 14.0. The van der Waals surface area contributed by atoms with Crippen LogP contribution >= 0.6 is 24.0 Å². The maximum absolute atomic E-state index is 12.4. The van der Waals surface area contributed by atoms with Crippen LogP contribution in [-0.4, -0.2) is 79.3 Å². The summed E-state index contributed by atoms with van der Waals surface area (Å²) < 4.78 is 5.52. The number of phenols is 1. The first kappa shape index (κ1) is 22.7. The van der Waals surface area contributed by atoms with Crippen molar-refractivity contribution in [2.75, 3.05) is 46.4 Å². The Morgan fingerprint density at radius 1 is 1.21 bits per heavy atom. The molecule has 0 aromatic heterocycles. The van der Waals surface area contributed by atoms with Crippen molar-refractivity contribution in [2.24, 2.45) is 4.99 Å². The lowest BCUT2D eigenvalue weighted by Gasteiger charge is -2.37. The van der Waals surface area contributed by atoms with Gasteiger partial charge in [0.1, 0.15) is 11.9 Å². The predicted molar refractivity (Wildman–Crippen MR) is 120 cm³/mol. The number of halogens is 1. The van der Waals surface area contributed by atoms with E-state index in [-0.39, 0.29) is 36.0 Å². The fourth-order valence-electron chi connectivity index (χ4n) is 3.60. The van der Waals surface area contributed by atoms with Gasteiger partial charge in [0.15, 0.2) is 5.96 Å². The number of guanidine groups is 1. The zero-order valence-corrected chi connectivity index (χ0v) is 18.8. The van der Waals surface area contributed by atoms with Gasteiger partial charge in [-0.05, 0) is 43.4 Å². The van der Waals surface area contributed by atoms with Gasteiger partial charge in [-0.2, -0.15) is 0 Å². The molecule has 3 rings (SSSR count). The molecule has 2 N–H and O–H groups in total. The minimum atomic E-state index is -0.228. The highest BCUT2D eigenvalue weighted by Gasteiger charge is 2.30. The molecule has 0 radical (unpaired) electrons. The summed E-state index contributed by atoms with van der Waals surface area (Å²) in [5.74, 6) is 1.34. The predicted octanol–water partition coefficient (Wildman–Crippen LogP) is 1.84. The molecule has 0 aliphatic carbocycles. The summed E-state index contributed by atoms with van der Waals surface area (Å²) in [5, 5.41) is 12.7. The molecule has 1 aromatic carbocycles. The van der Waals surface area contributed by atoms with E-state index in [1.54, 1.807) is 19.2 Å². The molecule has 8 heteroatoms. The van der Waals surface area contributed by atoms with E-state index in [1.807, 2.05) is 17.0 Å². The van der Waals surface area contributed by atoms with Gasteiger partial charge in [-0.3, -0.25) is 9.79 Å². The third-order valence-electron chi connectivity index (χ3n) is 5.17. The van der Waals surface area contributed by atoms with Crippen molar-refractivity contribution in [2.45, 2.75) is 31.8 Å². The maximum Gasteiger partial charge on any atom is 0.251 e. The van der Waals surface area contributed by atoms with Gasteiger partial charge in [0, 0.05) is 46.4 Å². The highest BCUT2D eigenvalue weighted by Crippen LogP contribution is 2.16. The van der Waals surface area contributed by atoms with Crippen LogP contribution in [0.15, 0.2) is 29.3 Å². The van der Waals surface area contributed by atoms with E-state index in [0.29, 0.717) is 25.4 Å². The first-order chi connectivity index (χ1) is 13.2. The van der Waals surface area contributed by atoms with Crippen molar-refractivity contribution in [1.82, 2.24) is 15.1 Å². The molecule has 2 saturated heterocycles. The average Bonchev–Trinajstić information content (AvgIpc) is 3.24. The number of carbonyl (C=O) groups is 1. The van der Waals surface area contributed by atoms with Gasteiger partial charge in [-0.25, -0.2) is 0 Å². The second-order valence-corrected chi connectivity index (χ2v) is 7.06. The third-order valence-corrected chi connectivity index (χ3v) is 5.17. The highest BCUT2D eigenvalue weighted by atomic mass is 127. The Bertz CT molecular complexity index is 639. The number of nitrogens with zero attached hydrogens (tertiary/aromatic N) is 3. The summed E-state index contributed by atoms with van der Waals surface area (Å²) in [7, 11) is 1.80. The quantitative estimate of drug-likeness (QED) is 0.278. The summed E-state index contributed by atoms with van der Waals surface area (Å²) in [4.78, 5) is 20.9. The molecule has 2 fully saturated rings. The van der Waals surface area contributed by atoms with Crippen LogP contribution in [0, 0.1) is 0 Å². The minimum Gasteiger partial charge on any atom is -0.508 e. The van der Waals surface area contributed by atoms with E-state index in [4.69, 9.17) is 4.74 Å². The molecule has 2 aliphatic rings. The summed E-state index contributed by atoms with van der Waals surface area (Å²) in [6.45, 7) is 4.55. The Hall–Kier alpha value is -1.55. The van der Waals surface area contributed by atoms with Gasteiger partial charge in [-0.1, -0.05) is 12.1 Å². The minimum absolute atomic E-state index is 0. The Kier molecular flexibility index (Phi) is 9.30. The van der Waals surface area contributed by atoms with Crippen molar-refractivity contribution in [3.63, 3.8) is 0 Å². The SMILES string of the molecule is CN=C(NCCCc1ccc(O)cc1)N1CCN(C(=O)C2CCCO2)CC1.I. The molecule has 1 unspecified atom stereocenters. The fraction of sp³-hybridized carbons (Fsp3) is 0.600. The van der Waals surface area contributed by atoms with Gasteiger partial charge < -0.3 is 25.0 Å². The second-order valence-electron chi connectivity index (χ2n) is 7.06. The fourth-order valence-corrected chi connectivity index (χ4v) is 3.60. The van der Waals surface area contributed by atoms with E-state index in [2.05, 4.69) is 15.2 Å². The number of benzene rings is 1. The van der Waals surface area contributed by atoms with Gasteiger partial charge in [0.05, 0.1) is 0 Å². The number of hydrogen-bond acceptors (Lipinski definition) is 4. The van der Waals surface area contributed by atoms with Crippen molar-refractivity contribution >= 4 is 35.8 Å². The number of aliphatic imine (C=N–C) groups is 1. The number of amides is 1. The number of phenolic OH excluding ortho intramolecular Hbond substituents is 1. The summed E-state index contributed by atoms with van der Waals surface area (Å²) in [6, 6.07) is 7.35. The maximum atomic E-state index is 12.4. The number of hydrogen-bond donors (Lipinski definition) is 2. The lowest BCUT2D eigenvalue weighted by atomic mass is 10.1. The normalized spacial score (nSPS) is 20.0.